The number of carbonyl (C=O) groups excluding carboxylic acids is 1. The van der Waals surface area contributed by atoms with E-state index in [1.54, 1.807) is 20.8 Å². The lowest BCUT2D eigenvalue weighted by atomic mass is 9.38. The van der Waals surface area contributed by atoms with Crippen molar-refractivity contribution >= 4 is 5.78 Å². The first kappa shape index (κ1) is 32.3. The molecule has 3 fully saturated rings. The van der Waals surface area contributed by atoms with Gasteiger partial charge < -0.3 is 19.6 Å². The van der Waals surface area contributed by atoms with Crippen LogP contribution in [0.15, 0.2) is 23.8 Å². The number of ether oxygens (including phenoxy) is 1. The van der Waals surface area contributed by atoms with E-state index in [1.165, 1.54) is 18.2 Å². The Balaban J connectivity index is 1.98. The molecule has 0 aromatic rings. The molecule has 1 N–H and O–H groups in total. The molecular weight excluding hydrogens is 553 g/mol. The standard InChI is InChI=1S/C29H44FN3O9/c1-9-21-22-11-10-19-14-20(34)12-13-25(19,6)29(22,30)23(42-33(38)39)15-26(21,7)27(8,18(2)3)28(17-41-32(36)37)31(35)24(4,5)16-40-28/h12-14,18,21-23,35H,9-11,15-17H2,1-8H3/t21?,22?,23?,25?,26?,27?,28?,29-/m0/s1. The normalized spacial score (nSPS) is 41.0. The zero-order valence-electron chi connectivity index (χ0n) is 25.7. The molecular formula is C29H44FN3O9. The summed E-state index contributed by atoms with van der Waals surface area (Å²) in [6.07, 6.45) is 3.76. The largest absolute Gasteiger partial charge is 0.354 e. The molecule has 1 heterocycles. The van der Waals surface area contributed by atoms with Crippen LogP contribution in [0.2, 0.25) is 0 Å². The predicted molar refractivity (Wildman–Crippen MR) is 148 cm³/mol. The summed E-state index contributed by atoms with van der Waals surface area (Å²) in [5.74, 6) is -1.79. The van der Waals surface area contributed by atoms with E-state index < -0.39 is 67.9 Å². The lowest BCUT2D eigenvalue weighted by Gasteiger charge is -2.69. The van der Waals surface area contributed by atoms with Gasteiger partial charge in [0, 0.05) is 16.7 Å². The quantitative estimate of drug-likeness (QED) is 0.275. The van der Waals surface area contributed by atoms with Crippen LogP contribution in [-0.4, -0.2) is 62.5 Å². The molecule has 4 aliphatic rings. The van der Waals surface area contributed by atoms with E-state index in [0.717, 1.165) is 5.06 Å². The van der Waals surface area contributed by atoms with E-state index in [1.807, 2.05) is 34.6 Å². The predicted octanol–water partition coefficient (Wildman–Crippen LogP) is 5.26. The number of hydrogen-bond donors (Lipinski definition) is 1. The van der Waals surface area contributed by atoms with Crippen molar-refractivity contribution in [1.82, 2.24) is 5.06 Å². The monoisotopic (exact) mass is 597 g/mol. The van der Waals surface area contributed by atoms with Crippen molar-refractivity contribution in [2.24, 2.45) is 34.0 Å². The molecule has 4 rings (SSSR count). The first-order valence-corrected chi connectivity index (χ1v) is 14.6. The summed E-state index contributed by atoms with van der Waals surface area (Å²) in [4.78, 5) is 45.9. The average Bonchev–Trinajstić information content (AvgIpc) is 3.13. The molecule has 0 bridgehead atoms. The van der Waals surface area contributed by atoms with Gasteiger partial charge in [-0.2, -0.15) is 5.06 Å². The van der Waals surface area contributed by atoms with Gasteiger partial charge in [0.2, 0.25) is 0 Å². The molecule has 0 amide bonds. The summed E-state index contributed by atoms with van der Waals surface area (Å²) in [6.45, 7) is 14.0. The van der Waals surface area contributed by atoms with Gasteiger partial charge in [0.05, 0.1) is 12.1 Å². The van der Waals surface area contributed by atoms with E-state index in [-0.39, 0.29) is 24.7 Å². The Morgan fingerprint density at radius 3 is 2.38 bits per heavy atom. The topological polar surface area (TPSA) is 155 Å². The van der Waals surface area contributed by atoms with Crippen LogP contribution in [0.5, 0.6) is 0 Å². The number of fused-ring (bicyclic) bond motifs is 3. The number of nitrogens with zero attached hydrogens (tertiary/aromatic N) is 3. The van der Waals surface area contributed by atoms with Gasteiger partial charge in [-0.3, -0.25) is 4.79 Å². The maximum atomic E-state index is 18.1. The SMILES string of the molecule is CCC1C2CCC3=CC(=O)C=CC3(C)[C@@]2(F)C(O[N+](=O)[O-])CC1(C)C(C)(C(C)C)C1(CO[N+](=O)[O-])OCC(C)(C)N1O. The number of ketones is 1. The molecule has 8 atom stereocenters. The summed E-state index contributed by atoms with van der Waals surface area (Å²) in [6, 6.07) is 0. The van der Waals surface area contributed by atoms with Crippen molar-refractivity contribution in [1.29, 1.82) is 0 Å². The molecule has 42 heavy (non-hydrogen) atoms. The van der Waals surface area contributed by atoms with Crippen molar-refractivity contribution in [3.05, 3.63) is 44.0 Å². The third-order valence-electron chi connectivity index (χ3n) is 11.8. The highest BCUT2D eigenvalue weighted by molar-refractivity contribution is 6.01. The summed E-state index contributed by atoms with van der Waals surface area (Å²) >= 11 is 0. The highest BCUT2D eigenvalue weighted by Gasteiger charge is 2.76. The van der Waals surface area contributed by atoms with E-state index in [0.29, 0.717) is 24.8 Å². The molecule has 7 unspecified atom stereocenters. The van der Waals surface area contributed by atoms with Crippen LogP contribution in [0.3, 0.4) is 0 Å². The van der Waals surface area contributed by atoms with Gasteiger partial charge in [0.1, 0.15) is 12.7 Å². The lowest BCUT2D eigenvalue weighted by molar-refractivity contribution is -0.775. The van der Waals surface area contributed by atoms with Crippen LogP contribution in [0.4, 0.5) is 4.39 Å². The molecule has 0 aromatic heterocycles. The summed E-state index contributed by atoms with van der Waals surface area (Å²) in [5.41, 5.74) is -7.96. The molecule has 236 valence electrons. The third kappa shape index (κ3) is 4.13. The number of carbonyl (C=O) groups is 1. The third-order valence-corrected chi connectivity index (χ3v) is 11.8. The maximum absolute atomic E-state index is 18.1. The van der Waals surface area contributed by atoms with Crippen molar-refractivity contribution in [2.75, 3.05) is 13.2 Å². The minimum absolute atomic E-state index is 0.0239. The van der Waals surface area contributed by atoms with Gasteiger partial charge in [-0.1, -0.05) is 52.7 Å². The Hall–Kier alpha value is -2.64. The minimum Gasteiger partial charge on any atom is -0.354 e. The molecule has 12 nitrogen and oxygen atoms in total. The number of rotatable bonds is 9. The van der Waals surface area contributed by atoms with Gasteiger partial charge in [-0.25, -0.2) is 4.39 Å². The Labute approximate surface area is 245 Å². The zero-order chi connectivity index (χ0) is 31.7. The number of allylic oxidation sites excluding steroid dienone is 4. The van der Waals surface area contributed by atoms with Crippen molar-refractivity contribution in [3.63, 3.8) is 0 Å². The Bertz CT molecular complexity index is 1210. The number of hydroxylamine groups is 2. The smallest absolute Gasteiger partial charge is 0.294 e. The Morgan fingerprint density at radius 1 is 1.24 bits per heavy atom. The fourth-order valence-corrected chi connectivity index (χ4v) is 9.31. The van der Waals surface area contributed by atoms with Gasteiger partial charge in [0.15, 0.2) is 17.2 Å². The first-order valence-electron chi connectivity index (χ1n) is 14.6. The second kappa shape index (κ2) is 10.2. The van der Waals surface area contributed by atoms with Gasteiger partial charge in [-0.15, -0.1) is 20.2 Å². The van der Waals surface area contributed by atoms with E-state index in [2.05, 4.69) is 0 Å². The molecule has 2 saturated carbocycles. The van der Waals surface area contributed by atoms with Crippen LogP contribution in [0.25, 0.3) is 0 Å². The second-order valence-corrected chi connectivity index (χ2v) is 14.0. The van der Waals surface area contributed by atoms with Crippen LogP contribution in [0, 0.1) is 54.2 Å². The number of halogens is 1. The summed E-state index contributed by atoms with van der Waals surface area (Å²) in [5, 5.41) is 34.2. The molecule has 1 aliphatic heterocycles. The van der Waals surface area contributed by atoms with Crippen LogP contribution in [0.1, 0.15) is 81.1 Å². The average molecular weight is 598 g/mol. The minimum atomic E-state index is -2.25. The fourth-order valence-electron chi connectivity index (χ4n) is 9.31. The molecule has 0 aromatic carbocycles. The van der Waals surface area contributed by atoms with E-state index in [9.17, 15) is 30.2 Å². The van der Waals surface area contributed by atoms with Crippen LogP contribution < -0.4 is 0 Å². The highest BCUT2D eigenvalue weighted by atomic mass is 19.1. The van der Waals surface area contributed by atoms with E-state index in [4.69, 9.17) is 14.4 Å². The Kier molecular flexibility index (Phi) is 7.86. The Morgan fingerprint density at radius 2 is 1.88 bits per heavy atom. The maximum Gasteiger partial charge on any atom is 0.294 e. The number of hydrogen-bond acceptors (Lipinski definition) is 10. The molecule has 0 spiro atoms. The molecule has 3 aliphatic carbocycles. The summed E-state index contributed by atoms with van der Waals surface area (Å²) in [7, 11) is 0. The first-order chi connectivity index (χ1) is 19.3. The van der Waals surface area contributed by atoms with Crippen molar-refractivity contribution in [3.8, 4) is 0 Å². The molecule has 13 heteroatoms. The van der Waals surface area contributed by atoms with Crippen LogP contribution >= 0.6 is 0 Å². The van der Waals surface area contributed by atoms with Gasteiger partial charge >= 0.3 is 0 Å². The molecule has 0 radical (unpaired) electrons. The van der Waals surface area contributed by atoms with Crippen molar-refractivity contribution in [2.45, 2.75) is 104 Å². The number of alkyl halides is 1. The van der Waals surface area contributed by atoms with Crippen LogP contribution in [-0.2, 0) is 19.2 Å². The van der Waals surface area contributed by atoms with Gasteiger partial charge in [0.25, 0.3) is 10.2 Å². The highest BCUT2D eigenvalue weighted by Crippen LogP contribution is 2.72. The fraction of sp³-hybridized carbons (Fsp3) is 0.828. The molecule has 1 saturated heterocycles. The zero-order valence-corrected chi connectivity index (χ0v) is 25.7. The summed E-state index contributed by atoms with van der Waals surface area (Å²) < 4.78 is 24.5. The van der Waals surface area contributed by atoms with Gasteiger partial charge in [-0.05, 0) is 69.4 Å². The van der Waals surface area contributed by atoms with Crippen molar-refractivity contribution < 1.29 is 39.0 Å². The lowest BCUT2D eigenvalue weighted by Crippen LogP contribution is -2.75. The second-order valence-electron chi connectivity index (χ2n) is 14.0. The van der Waals surface area contributed by atoms with E-state index >= 15 is 4.39 Å².